The lowest BCUT2D eigenvalue weighted by Gasteiger charge is -2.27. The summed E-state index contributed by atoms with van der Waals surface area (Å²) in [7, 11) is 0. The van der Waals surface area contributed by atoms with Gasteiger partial charge in [-0.05, 0) is 31.0 Å². The van der Waals surface area contributed by atoms with Gasteiger partial charge in [0.15, 0.2) is 11.7 Å². The molecule has 0 fully saturated rings. The molecule has 1 aromatic heterocycles. The largest absolute Gasteiger partial charge is 0.504 e. The van der Waals surface area contributed by atoms with Crippen LogP contribution in [-0.4, -0.2) is 23.5 Å². The van der Waals surface area contributed by atoms with Gasteiger partial charge in [0.1, 0.15) is 30.0 Å². The molecule has 2 aromatic rings. The number of carbonyl (C=O) groups excluding carboxylic acids is 1. The fourth-order valence-electron chi connectivity index (χ4n) is 2.99. The van der Waals surface area contributed by atoms with E-state index >= 15 is 0 Å². The van der Waals surface area contributed by atoms with E-state index < -0.39 is 11.6 Å². The second-order valence-electron chi connectivity index (χ2n) is 6.07. The van der Waals surface area contributed by atoms with E-state index in [2.05, 4.69) is 17.2 Å². The molecule has 0 saturated heterocycles. The van der Waals surface area contributed by atoms with Crippen molar-refractivity contribution in [2.75, 3.05) is 11.9 Å². The highest BCUT2D eigenvalue weighted by atomic mass is 16.5. The first-order valence-corrected chi connectivity index (χ1v) is 7.42. The summed E-state index contributed by atoms with van der Waals surface area (Å²) in [6.07, 6.45) is 3.36. The van der Waals surface area contributed by atoms with Crippen LogP contribution in [0.1, 0.15) is 19.4 Å². The first-order valence-electron chi connectivity index (χ1n) is 7.42. The number of anilines is 1. The van der Waals surface area contributed by atoms with E-state index in [4.69, 9.17) is 15.2 Å². The quantitative estimate of drug-likeness (QED) is 0.805. The molecular formula is C16H17N4O3+. The minimum Gasteiger partial charge on any atom is -0.488 e. The first-order chi connectivity index (χ1) is 11.0. The van der Waals surface area contributed by atoms with Crippen LogP contribution in [0.3, 0.4) is 0 Å². The molecule has 2 aliphatic rings. The number of nitrogens with two attached hydrogens (primary N) is 1. The molecule has 0 bridgehead atoms. The number of rotatable bonds is 2. The summed E-state index contributed by atoms with van der Waals surface area (Å²) >= 11 is 0. The number of hydrogen-bond donors (Lipinski definition) is 2. The van der Waals surface area contributed by atoms with Gasteiger partial charge in [0.05, 0.1) is 11.6 Å². The first kappa shape index (κ1) is 14.0. The van der Waals surface area contributed by atoms with Crippen molar-refractivity contribution in [3.8, 4) is 17.5 Å². The van der Waals surface area contributed by atoms with Crippen molar-refractivity contribution in [3.05, 3.63) is 36.2 Å². The third-order valence-electron chi connectivity index (χ3n) is 4.24. The number of nitrogens with one attached hydrogen (secondary N) is 1. The lowest BCUT2D eigenvalue weighted by Crippen LogP contribution is -2.59. The summed E-state index contributed by atoms with van der Waals surface area (Å²) in [5, 5.41) is 2.75. The average Bonchev–Trinajstić information content (AvgIpc) is 2.88. The van der Waals surface area contributed by atoms with Crippen LogP contribution in [0.5, 0.6) is 17.5 Å². The number of benzene rings is 1. The van der Waals surface area contributed by atoms with E-state index in [0.717, 1.165) is 17.1 Å². The predicted molar refractivity (Wildman–Crippen MR) is 81.5 cm³/mol. The van der Waals surface area contributed by atoms with E-state index in [0.29, 0.717) is 18.3 Å². The molecule has 0 radical (unpaired) electrons. The fraction of sp³-hybridized carbons (Fsp3) is 0.312. The highest BCUT2D eigenvalue weighted by Gasteiger charge is 2.50. The molecule has 0 saturated carbocycles. The zero-order valence-electron chi connectivity index (χ0n) is 12.9. The topological polar surface area (TPSA) is 90.4 Å². The second kappa shape index (κ2) is 4.66. The van der Waals surface area contributed by atoms with E-state index in [9.17, 15) is 4.79 Å². The molecule has 118 valence electrons. The van der Waals surface area contributed by atoms with Crippen molar-refractivity contribution < 1.29 is 18.8 Å². The maximum absolute atomic E-state index is 11.8. The molecule has 7 heteroatoms. The summed E-state index contributed by atoms with van der Waals surface area (Å²) < 4.78 is 13.6. The zero-order valence-corrected chi connectivity index (χ0v) is 12.9. The van der Waals surface area contributed by atoms with Crippen LogP contribution in [0.2, 0.25) is 0 Å². The number of hydrogen-bond acceptors (Lipinski definition) is 5. The molecule has 7 nitrogen and oxygen atoms in total. The molecule has 2 atom stereocenters. The minimum absolute atomic E-state index is 0.266. The van der Waals surface area contributed by atoms with Crippen LogP contribution >= 0.6 is 0 Å². The van der Waals surface area contributed by atoms with Crippen LogP contribution in [0.15, 0.2) is 30.6 Å². The zero-order chi connectivity index (χ0) is 16.2. The maximum Gasteiger partial charge on any atom is 0.504 e. The van der Waals surface area contributed by atoms with Crippen molar-refractivity contribution in [1.29, 1.82) is 0 Å². The molecule has 0 aliphatic carbocycles. The van der Waals surface area contributed by atoms with Gasteiger partial charge in [0.2, 0.25) is 5.91 Å². The third-order valence-corrected chi connectivity index (χ3v) is 4.24. The second-order valence-corrected chi connectivity index (χ2v) is 6.07. The summed E-state index contributed by atoms with van der Waals surface area (Å²) in [5.74, 6) is 1.30. The van der Waals surface area contributed by atoms with Crippen LogP contribution in [-0.2, 0) is 10.3 Å². The Hall–Kier alpha value is -2.67. The lowest BCUT2D eigenvalue weighted by atomic mass is 9.92. The Balaban J connectivity index is 1.79. The van der Waals surface area contributed by atoms with Gasteiger partial charge in [-0.1, -0.05) is 6.07 Å². The molecule has 4 rings (SSSR count). The molecule has 1 amide bonds. The molecule has 2 aliphatic heterocycles. The molecule has 1 aromatic carbocycles. The third kappa shape index (κ3) is 1.97. The van der Waals surface area contributed by atoms with E-state index in [1.165, 1.54) is 0 Å². The molecular weight excluding hydrogens is 296 g/mol. The number of aromatic nitrogens is 2. The SMILES string of the molecule is CC(N)C(=O)Nc1cnc2[n+](c1)C1(C)COc3cccc(c31)O2. The number of amides is 1. The standard InChI is InChI=1S/C16H16N4O3/c1-9(17)14(21)19-10-6-18-15-20(7-10)16(2)8-22-11-4-3-5-12(23-15)13(11)16/h3-7,9H,8,17H2,1-2H3/p+1. The average molecular weight is 313 g/mol. The Morgan fingerprint density at radius 2 is 2.26 bits per heavy atom. The number of ether oxygens (including phenoxy) is 2. The Morgan fingerprint density at radius 3 is 3.04 bits per heavy atom. The molecule has 3 N–H and O–H groups in total. The Bertz CT molecular complexity index is 821. The number of nitrogens with zero attached hydrogens (tertiary/aromatic N) is 2. The fourth-order valence-corrected chi connectivity index (χ4v) is 2.99. The van der Waals surface area contributed by atoms with E-state index in [1.807, 2.05) is 22.8 Å². The predicted octanol–water partition coefficient (Wildman–Crippen LogP) is 0.916. The highest BCUT2D eigenvalue weighted by molar-refractivity contribution is 5.93. The Labute approximate surface area is 133 Å². The Morgan fingerprint density at radius 1 is 1.48 bits per heavy atom. The molecule has 2 unspecified atom stereocenters. The van der Waals surface area contributed by atoms with Crippen molar-refractivity contribution in [2.24, 2.45) is 5.73 Å². The summed E-state index contributed by atoms with van der Waals surface area (Å²) in [5.41, 5.74) is 6.72. The molecule has 0 spiro atoms. The summed E-state index contributed by atoms with van der Waals surface area (Å²) in [6, 6.07) is 5.59. The summed E-state index contributed by atoms with van der Waals surface area (Å²) in [6.45, 7) is 4.17. The van der Waals surface area contributed by atoms with Crippen LogP contribution in [0, 0.1) is 0 Å². The summed E-state index contributed by atoms with van der Waals surface area (Å²) in [4.78, 5) is 16.1. The van der Waals surface area contributed by atoms with Gasteiger partial charge in [0.25, 0.3) is 0 Å². The van der Waals surface area contributed by atoms with Crippen LogP contribution < -0.4 is 25.1 Å². The van der Waals surface area contributed by atoms with Gasteiger partial charge in [-0.15, -0.1) is 0 Å². The van der Waals surface area contributed by atoms with Gasteiger partial charge in [-0.3, -0.25) is 4.79 Å². The number of fused-ring (bicyclic) bond motifs is 2. The molecule has 23 heavy (non-hydrogen) atoms. The van der Waals surface area contributed by atoms with Crippen molar-refractivity contribution in [3.63, 3.8) is 0 Å². The van der Waals surface area contributed by atoms with Gasteiger partial charge in [0, 0.05) is 0 Å². The molecule has 3 heterocycles. The van der Waals surface area contributed by atoms with E-state index in [1.54, 1.807) is 19.3 Å². The van der Waals surface area contributed by atoms with Crippen molar-refractivity contribution in [2.45, 2.75) is 25.4 Å². The van der Waals surface area contributed by atoms with Crippen molar-refractivity contribution >= 4 is 11.6 Å². The van der Waals surface area contributed by atoms with Gasteiger partial charge in [-0.2, -0.15) is 4.57 Å². The van der Waals surface area contributed by atoms with Gasteiger partial charge >= 0.3 is 6.01 Å². The number of carbonyl (C=O) groups is 1. The smallest absolute Gasteiger partial charge is 0.488 e. The van der Waals surface area contributed by atoms with Gasteiger partial charge in [-0.25, -0.2) is 0 Å². The van der Waals surface area contributed by atoms with Crippen LogP contribution in [0.4, 0.5) is 5.69 Å². The van der Waals surface area contributed by atoms with Crippen molar-refractivity contribution in [1.82, 2.24) is 4.98 Å². The monoisotopic (exact) mass is 313 g/mol. The maximum atomic E-state index is 11.8. The Kier molecular flexibility index (Phi) is 2.83. The van der Waals surface area contributed by atoms with Gasteiger partial charge < -0.3 is 20.5 Å². The minimum atomic E-state index is -0.593. The highest BCUT2D eigenvalue weighted by Crippen LogP contribution is 2.46. The van der Waals surface area contributed by atoms with E-state index in [-0.39, 0.29) is 5.91 Å². The normalized spacial score (nSPS) is 21.5. The van der Waals surface area contributed by atoms with Crippen LogP contribution in [0.25, 0.3) is 0 Å². The lowest BCUT2D eigenvalue weighted by molar-refractivity contribution is -0.757.